The quantitative estimate of drug-likeness (QED) is 0.915. The molecule has 2 aliphatic rings. The second kappa shape index (κ2) is 7.22. The Hall–Kier alpha value is -2.17. The lowest BCUT2D eigenvalue weighted by molar-refractivity contribution is -0.123. The highest BCUT2D eigenvalue weighted by molar-refractivity contribution is 5.80. The van der Waals surface area contributed by atoms with E-state index in [2.05, 4.69) is 40.3 Å². The summed E-state index contributed by atoms with van der Waals surface area (Å²) in [5.74, 6) is 1.74. The van der Waals surface area contributed by atoms with Crippen LogP contribution in [-0.4, -0.2) is 35.0 Å². The SMILES string of the molecule is Cc1cc(C)c2ccc(N3CCC(CC(=O)NC4CCC4)CC3)nc2n1. The molecule has 2 aromatic rings. The maximum absolute atomic E-state index is 12.1. The molecule has 0 bridgehead atoms. The summed E-state index contributed by atoms with van der Waals surface area (Å²) in [6.07, 6.45) is 6.36. The number of aromatic nitrogens is 2. The monoisotopic (exact) mass is 352 g/mol. The van der Waals surface area contributed by atoms with Crippen LogP contribution in [0.5, 0.6) is 0 Å². The average Bonchev–Trinajstić information content (AvgIpc) is 2.58. The van der Waals surface area contributed by atoms with Gasteiger partial charge in [0.1, 0.15) is 5.82 Å². The topological polar surface area (TPSA) is 58.1 Å². The number of pyridine rings is 2. The molecule has 3 heterocycles. The number of carbonyl (C=O) groups is 1. The number of carbonyl (C=O) groups excluding carboxylic acids is 1. The van der Waals surface area contributed by atoms with Crippen LogP contribution in [0.2, 0.25) is 0 Å². The number of nitrogens with one attached hydrogen (secondary N) is 1. The summed E-state index contributed by atoms with van der Waals surface area (Å²) in [5.41, 5.74) is 3.07. The molecule has 0 atom stereocenters. The largest absolute Gasteiger partial charge is 0.357 e. The molecule has 5 nitrogen and oxygen atoms in total. The minimum Gasteiger partial charge on any atom is -0.357 e. The number of amides is 1. The van der Waals surface area contributed by atoms with Gasteiger partial charge in [0.2, 0.25) is 5.91 Å². The number of rotatable bonds is 4. The molecule has 1 aliphatic carbocycles. The minimum absolute atomic E-state index is 0.243. The minimum atomic E-state index is 0.243. The standard InChI is InChI=1S/C21H28N4O/c1-14-12-15(2)22-21-18(14)6-7-19(24-21)25-10-8-16(9-11-25)13-20(26)23-17-4-3-5-17/h6-7,12,16-17H,3-5,8-11,13H2,1-2H3,(H,23,26). The lowest BCUT2D eigenvalue weighted by Crippen LogP contribution is -2.41. The van der Waals surface area contributed by atoms with E-state index in [1.807, 2.05) is 6.92 Å². The van der Waals surface area contributed by atoms with Crippen LogP contribution in [0.4, 0.5) is 5.82 Å². The van der Waals surface area contributed by atoms with E-state index in [4.69, 9.17) is 4.98 Å². The van der Waals surface area contributed by atoms with Gasteiger partial charge >= 0.3 is 0 Å². The molecule has 1 aliphatic heterocycles. The first-order valence-corrected chi connectivity index (χ1v) is 9.88. The van der Waals surface area contributed by atoms with Gasteiger partial charge in [0.05, 0.1) is 0 Å². The fourth-order valence-corrected chi connectivity index (χ4v) is 4.07. The van der Waals surface area contributed by atoms with Crippen molar-refractivity contribution in [2.45, 2.75) is 58.4 Å². The van der Waals surface area contributed by atoms with Gasteiger partial charge in [-0.3, -0.25) is 4.79 Å². The number of hydrogen-bond acceptors (Lipinski definition) is 4. The van der Waals surface area contributed by atoms with Crippen molar-refractivity contribution in [3.05, 3.63) is 29.5 Å². The zero-order valence-electron chi connectivity index (χ0n) is 15.8. The van der Waals surface area contributed by atoms with Crippen molar-refractivity contribution in [2.24, 2.45) is 5.92 Å². The van der Waals surface area contributed by atoms with Gasteiger partial charge in [0.25, 0.3) is 0 Å². The molecule has 5 heteroatoms. The van der Waals surface area contributed by atoms with Crippen LogP contribution in [-0.2, 0) is 4.79 Å². The molecule has 0 aromatic carbocycles. The van der Waals surface area contributed by atoms with Gasteiger partial charge in [0.15, 0.2) is 5.65 Å². The van der Waals surface area contributed by atoms with E-state index in [9.17, 15) is 4.79 Å². The molecule has 0 unspecified atom stereocenters. The Kier molecular flexibility index (Phi) is 4.79. The third-order valence-electron chi connectivity index (χ3n) is 5.88. The molecule has 26 heavy (non-hydrogen) atoms. The molecule has 0 spiro atoms. The highest BCUT2D eigenvalue weighted by atomic mass is 16.1. The lowest BCUT2D eigenvalue weighted by atomic mass is 9.90. The summed E-state index contributed by atoms with van der Waals surface area (Å²) in [6, 6.07) is 6.79. The van der Waals surface area contributed by atoms with Crippen LogP contribution >= 0.6 is 0 Å². The summed E-state index contributed by atoms with van der Waals surface area (Å²) < 4.78 is 0. The Morgan fingerprint density at radius 3 is 2.62 bits per heavy atom. The summed E-state index contributed by atoms with van der Waals surface area (Å²) in [5, 5.41) is 4.29. The van der Waals surface area contributed by atoms with Gasteiger partial charge < -0.3 is 10.2 Å². The summed E-state index contributed by atoms with van der Waals surface area (Å²) >= 11 is 0. The Balaban J connectivity index is 1.36. The number of piperidine rings is 1. The van der Waals surface area contributed by atoms with Crippen molar-refractivity contribution in [2.75, 3.05) is 18.0 Å². The Morgan fingerprint density at radius 1 is 1.15 bits per heavy atom. The van der Waals surface area contributed by atoms with Crippen molar-refractivity contribution in [1.82, 2.24) is 15.3 Å². The summed E-state index contributed by atoms with van der Waals surface area (Å²) in [7, 11) is 0. The van der Waals surface area contributed by atoms with Crippen molar-refractivity contribution in [1.29, 1.82) is 0 Å². The number of fused-ring (bicyclic) bond motifs is 1. The molecule has 1 amide bonds. The van der Waals surface area contributed by atoms with Crippen molar-refractivity contribution in [3.63, 3.8) is 0 Å². The molecular weight excluding hydrogens is 324 g/mol. The zero-order valence-corrected chi connectivity index (χ0v) is 15.8. The van der Waals surface area contributed by atoms with Crippen LogP contribution in [0.1, 0.15) is 49.8 Å². The molecule has 2 fully saturated rings. The highest BCUT2D eigenvalue weighted by Gasteiger charge is 2.25. The Labute approximate surface area is 155 Å². The van der Waals surface area contributed by atoms with E-state index in [-0.39, 0.29) is 5.91 Å². The summed E-state index contributed by atoms with van der Waals surface area (Å²) in [4.78, 5) is 23.9. The first kappa shape index (κ1) is 17.3. The number of aryl methyl sites for hydroxylation is 2. The molecular formula is C21H28N4O. The Bertz CT molecular complexity index is 807. The van der Waals surface area contributed by atoms with E-state index < -0.39 is 0 Å². The van der Waals surface area contributed by atoms with E-state index in [1.165, 1.54) is 12.0 Å². The van der Waals surface area contributed by atoms with E-state index in [0.717, 1.165) is 61.3 Å². The lowest BCUT2D eigenvalue weighted by Gasteiger charge is -2.33. The maximum Gasteiger partial charge on any atom is 0.220 e. The molecule has 1 saturated heterocycles. The van der Waals surface area contributed by atoms with Crippen LogP contribution in [0.3, 0.4) is 0 Å². The van der Waals surface area contributed by atoms with E-state index >= 15 is 0 Å². The maximum atomic E-state index is 12.1. The molecule has 2 aromatic heterocycles. The first-order chi connectivity index (χ1) is 12.6. The van der Waals surface area contributed by atoms with Gasteiger partial charge in [-0.25, -0.2) is 9.97 Å². The molecule has 4 rings (SSSR count). The summed E-state index contributed by atoms with van der Waals surface area (Å²) in [6.45, 7) is 6.05. The number of anilines is 1. The first-order valence-electron chi connectivity index (χ1n) is 9.88. The highest BCUT2D eigenvalue weighted by Crippen LogP contribution is 2.27. The second-order valence-electron chi connectivity index (χ2n) is 7.95. The second-order valence-corrected chi connectivity index (χ2v) is 7.95. The van der Waals surface area contributed by atoms with Crippen molar-refractivity contribution < 1.29 is 4.79 Å². The van der Waals surface area contributed by atoms with E-state index in [1.54, 1.807) is 0 Å². The molecule has 138 valence electrons. The van der Waals surface area contributed by atoms with Crippen LogP contribution < -0.4 is 10.2 Å². The fourth-order valence-electron chi connectivity index (χ4n) is 4.07. The van der Waals surface area contributed by atoms with Gasteiger partial charge in [-0.2, -0.15) is 0 Å². The molecule has 1 N–H and O–H groups in total. The average molecular weight is 352 g/mol. The number of nitrogens with zero attached hydrogens (tertiary/aromatic N) is 3. The molecule has 0 radical (unpaired) electrons. The molecule has 1 saturated carbocycles. The van der Waals surface area contributed by atoms with Crippen molar-refractivity contribution in [3.8, 4) is 0 Å². The third-order valence-corrected chi connectivity index (χ3v) is 5.88. The van der Waals surface area contributed by atoms with Crippen LogP contribution in [0.15, 0.2) is 18.2 Å². The smallest absolute Gasteiger partial charge is 0.220 e. The third kappa shape index (κ3) is 3.67. The van der Waals surface area contributed by atoms with Gasteiger partial charge in [-0.05, 0) is 75.6 Å². The van der Waals surface area contributed by atoms with Crippen LogP contribution in [0, 0.1) is 19.8 Å². The predicted octanol–water partition coefficient (Wildman–Crippen LogP) is 3.52. The normalized spacial score (nSPS) is 18.8. The van der Waals surface area contributed by atoms with Crippen molar-refractivity contribution >= 4 is 22.8 Å². The van der Waals surface area contributed by atoms with E-state index in [0.29, 0.717) is 18.4 Å². The zero-order chi connectivity index (χ0) is 18.1. The fraction of sp³-hybridized carbons (Fsp3) is 0.571. The van der Waals surface area contributed by atoms with Gasteiger partial charge in [0, 0.05) is 36.6 Å². The van der Waals surface area contributed by atoms with Gasteiger partial charge in [-0.15, -0.1) is 0 Å². The number of hydrogen-bond donors (Lipinski definition) is 1. The Morgan fingerprint density at radius 2 is 1.92 bits per heavy atom. The van der Waals surface area contributed by atoms with Gasteiger partial charge in [-0.1, -0.05) is 0 Å². The van der Waals surface area contributed by atoms with Crippen LogP contribution in [0.25, 0.3) is 11.0 Å². The predicted molar refractivity (Wildman–Crippen MR) is 104 cm³/mol.